The fourth-order valence-corrected chi connectivity index (χ4v) is 1.47. The summed E-state index contributed by atoms with van der Waals surface area (Å²) in [4.78, 5) is 22.6. The number of hydrogen-bond donors (Lipinski definition) is 2. The van der Waals surface area contributed by atoms with Crippen molar-refractivity contribution >= 4 is 19.7 Å². The number of carbonyl (C=O) groups excluding carboxylic acids is 2. The van der Waals surface area contributed by atoms with Gasteiger partial charge < -0.3 is 19.7 Å². The SMILES string of the molecule is CCOC(=O)/C(=C/C[PH](=O)CO)NC(=O)CC. The maximum absolute atomic E-state index is 11.4. The Labute approximate surface area is 101 Å². The van der Waals surface area contributed by atoms with Gasteiger partial charge in [0, 0.05) is 12.6 Å². The lowest BCUT2D eigenvalue weighted by atomic mass is 10.3. The van der Waals surface area contributed by atoms with Crippen molar-refractivity contribution in [1.29, 1.82) is 0 Å². The smallest absolute Gasteiger partial charge is 0.354 e. The minimum absolute atomic E-state index is 0.0227. The first-order valence-electron chi connectivity index (χ1n) is 5.34. The molecule has 1 amide bonds. The van der Waals surface area contributed by atoms with Gasteiger partial charge in [-0.2, -0.15) is 0 Å². The van der Waals surface area contributed by atoms with E-state index in [1.165, 1.54) is 6.08 Å². The van der Waals surface area contributed by atoms with E-state index < -0.39 is 20.1 Å². The molecule has 0 aliphatic carbocycles. The molecule has 0 heterocycles. The largest absolute Gasteiger partial charge is 0.461 e. The van der Waals surface area contributed by atoms with Crippen molar-refractivity contribution in [2.24, 2.45) is 0 Å². The lowest BCUT2D eigenvalue weighted by Gasteiger charge is -2.08. The van der Waals surface area contributed by atoms with E-state index in [4.69, 9.17) is 9.84 Å². The number of hydrogen-bond acceptors (Lipinski definition) is 5. The molecule has 0 saturated heterocycles. The van der Waals surface area contributed by atoms with Gasteiger partial charge in [0.2, 0.25) is 5.91 Å². The summed E-state index contributed by atoms with van der Waals surface area (Å²) in [6.45, 7) is 3.48. The molecule has 7 heteroatoms. The topological polar surface area (TPSA) is 92.7 Å². The third-order valence-electron chi connectivity index (χ3n) is 1.80. The molecular formula is C10H18NO5P. The van der Waals surface area contributed by atoms with Gasteiger partial charge in [-0.3, -0.25) is 4.79 Å². The minimum Gasteiger partial charge on any atom is -0.461 e. The van der Waals surface area contributed by atoms with Crippen LogP contribution in [-0.4, -0.2) is 36.1 Å². The van der Waals surface area contributed by atoms with E-state index >= 15 is 0 Å². The van der Waals surface area contributed by atoms with Crippen LogP contribution in [0.5, 0.6) is 0 Å². The van der Waals surface area contributed by atoms with Gasteiger partial charge in [-0.25, -0.2) is 4.79 Å². The molecule has 0 saturated carbocycles. The number of carbonyl (C=O) groups is 2. The lowest BCUT2D eigenvalue weighted by molar-refractivity contribution is -0.140. The quantitative estimate of drug-likeness (QED) is 0.395. The second-order valence-electron chi connectivity index (χ2n) is 3.14. The molecule has 0 aliphatic rings. The Morgan fingerprint density at radius 1 is 1.41 bits per heavy atom. The second-order valence-corrected chi connectivity index (χ2v) is 4.94. The fraction of sp³-hybridized carbons (Fsp3) is 0.600. The molecule has 1 unspecified atom stereocenters. The zero-order valence-electron chi connectivity index (χ0n) is 9.99. The zero-order valence-corrected chi connectivity index (χ0v) is 11.0. The van der Waals surface area contributed by atoms with Crippen LogP contribution >= 0.6 is 7.80 Å². The summed E-state index contributed by atoms with van der Waals surface area (Å²) in [7, 11) is -2.14. The van der Waals surface area contributed by atoms with Crippen molar-refractivity contribution in [3.05, 3.63) is 11.8 Å². The minimum atomic E-state index is -2.14. The van der Waals surface area contributed by atoms with Crippen LogP contribution in [0.2, 0.25) is 0 Å². The van der Waals surface area contributed by atoms with E-state index in [2.05, 4.69) is 5.32 Å². The van der Waals surface area contributed by atoms with Gasteiger partial charge >= 0.3 is 5.97 Å². The number of esters is 1. The molecule has 0 aromatic rings. The van der Waals surface area contributed by atoms with Crippen molar-refractivity contribution < 1.29 is 24.0 Å². The molecule has 0 rings (SSSR count). The maximum Gasteiger partial charge on any atom is 0.354 e. The molecule has 0 aliphatic heterocycles. The van der Waals surface area contributed by atoms with Gasteiger partial charge in [-0.1, -0.05) is 6.92 Å². The molecule has 17 heavy (non-hydrogen) atoms. The Morgan fingerprint density at radius 2 is 2.06 bits per heavy atom. The third-order valence-corrected chi connectivity index (χ3v) is 2.81. The van der Waals surface area contributed by atoms with Crippen LogP contribution in [0.1, 0.15) is 20.3 Å². The highest BCUT2D eigenvalue weighted by Crippen LogP contribution is 2.18. The average molecular weight is 263 g/mol. The van der Waals surface area contributed by atoms with Gasteiger partial charge in [0.1, 0.15) is 13.5 Å². The number of nitrogens with one attached hydrogen (secondary N) is 1. The van der Waals surface area contributed by atoms with Crippen molar-refractivity contribution in [3.8, 4) is 0 Å². The lowest BCUT2D eigenvalue weighted by Crippen LogP contribution is -2.28. The molecule has 0 aromatic heterocycles. The number of amides is 1. The van der Waals surface area contributed by atoms with Gasteiger partial charge in [0.25, 0.3) is 0 Å². The predicted octanol–water partition coefficient (Wildman–Crippen LogP) is 0.469. The Hall–Kier alpha value is -1.13. The molecule has 0 radical (unpaired) electrons. The monoisotopic (exact) mass is 263 g/mol. The van der Waals surface area contributed by atoms with E-state index in [0.29, 0.717) is 0 Å². The molecule has 0 aromatic carbocycles. The zero-order chi connectivity index (χ0) is 13.3. The van der Waals surface area contributed by atoms with E-state index in [-0.39, 0.29) is 30.8 Å². The van der Waals surface area contributed by atoms with E-state index in [0.717, 1.165) is 0 Å². The molecule has 2 N–H and O–H groups in total. The van der Waals surface area contributed by atoms with Crippen molar-refractivity contribution in [2.45, 2.75) is 20.3 Å². The molecular weight excluding hydrogens is 245 g/mol. The van der Waals surface area contributed by atoms with Gasteiger partial charge in [-0.15, -0.1) is 0 Å². The summed E-state index contributed by atoms with van der Waals surface area (Å²) in [6, 6.07) is 0. The highest BCUT2D eigenvalue weighted by molar-refractivity contribution is 7.44. The summed E-state index contributed by atoms with van der Waals surface area (Å²) in [5.41, 5.74) is -0.0227. The van der Waals surface area contributed by atoms with E-state index in [9.17, 15) is 14.2 Å². The van der Waals surface area contributed by atoms with Crippen LogP contribution in [0, 0.1) is 0 Å². The van der Waals surface area contributed by atoms with E-state index in [1.54, 1.807) is 13.8 Å². The van der Waals surface area contributed by atoms with Crippen LogP contribution in [0.25, 0.3) is 0 Å². The normalized spacial score (nSPS) is 13.0. The predicted molar refractivity (Wildman–Crippen MR) is 64.1 cm³/mol. The number of aliphatic hydroxyl groups is 1. The Morgan fingerprint density at radius 3 is 2.53 bits per heavy atom. The van der Waals surface area contributed by atoms with Crippen LogP contribution < -0.4 is 5.32 Å². The molecule has 6 nitrogen and oxygen atoms in total. The van der Waals surface area contributed by atoms with Crippen molar-refractivity contribution in [1.82, 2.24) is 5.32 Å². The Bertz CT molecular complexity index is 327. The maximum atomic E-state index is 11.4. The van der Waals surface area contributed by atoms with Gasteiger partial charge in [-0.05, 0) is 13.0 Å². The van der Waals surface area contributed by atoms with Crippen molar-refractivity contribution in [2.75, 3.05) is 19.1 Å². The Kier molecular flexibility index (Phi) is 8.36. The molecule has 0 spiro atoms. The number of ether oxygens (including phenoxy) is 1. The molecule has 0 bridgehead atoms. The summed E-state index contributed by atoms with van der Waals surface area (Å²) in [5.74, 6) is -0.991. The first-order valence-corrected chi connectivity index (χ1v) is 7.17. The van der Waals surface area contributed by atoms with E-state index in [1.807, 2.05) is 0 Å². The standard InChI is InChI=1S/C10H18NO5P/c1-3-9(13)11-8(10(14)16-4-2)5-6-17(15)7-12/h5,12,17H,3-4,6-7H2,1-2H3,(H,11,13)/b8-5-. The fourth-order valence-electron chi connectivity index (χ4n) is 0.913. The Balaban J connectivity index is 4.65. The summed E-state index contributed by atoms with van der Waals surface area (Å²) < 4.78 is 15.8. The van der Waals surface area contributed by atoms with Crippen molar-refractivity contribution in [3.63, 3.8) is 0 Å². The number of rotatable bonds is 7. The first-order chi connectivity index (χ1) is 8.04. The molecule has 1 atom stereocenters. The number of aliphatic hydroxyl groups excluding tert-OH is 1. The highest BCUT2D eigenvalue weighted by atomic mass is 31.1. The molecule has 98 valence electrons. The highest BCUT2D eigenvalue weighted by Gasteiger charge is 2.13. The van der Waals surface area contributed by atoms with Crippen LogP contribution in [-0.2, 0) is 18.9 Å². The second kappa shape index (κ2) is 8.96. The van der Waals surface area contributed by atoms with Crippen LogP contribution in [0.3, 0.4) is 0 Å². The first kappa shape index (κ1) is 15.9. The third kappa shape index (κ3) is 6.92. The van der Waals surface area contributed by atoms with Gasteiger partial charge in [0.05, 0.1) is 13.0 Å². The molecule has 0 fully saturated rings. The summed E-state index contributed by atoms with van der Waals surface area (Å²) in [5, 5.41) is 11.0. The summed E-state index contributed by atoms with van der Waals surface area (Å²) >= 11 is 0. The average Bonchev–Trinajstić information content (AvgIpc) is 2.33. The van der Waals surface area contributed by atoms with Crippen LogP contribution in [0.15, 0.2) is 11.8 Å². The number of allylic oxidation sites excluding steroid dienone is 1. The van der Waals surface area contributed by atoms with Gasteiger partial charge in [0.15, 0.2) is 0 Å². The summed E-state index contributed by atoms with van der Waals surface area (Å²) in [6.07, 6.45) is 1.19. The van der Waals surface area contributed by atoms with Crippen LogP contribution in [0.4, 0.5) is 0 Å².